The Morgan fingerprint density at radius 3 is 1.43 bits per heavy atom. The van der Waals surface area contributed by atoms with Crippen molar-refractivity contribution in [2.45, 2.75) is 6.42 Å². The predicted octanol–water partition coefficient (Wildman–Crippen LogP) is 3.36. The van der Waals surface area contributed by atoms with E-state index >= 15 is 0 Å². The standard InChI is InChI=1S/C13H9.C13H10.C11H9.2ClH.Zr/c1-3-7-12-10(5-1)9-11-6-2-4-8-13(11)12;1-3-7-12(8-4-1)11-13-9-5-2-6-10-13;1-2-6-10(7-3-1)11-8-4-5-9-11;;;/h1-9H;1-10H;1-4,6-8H,5H2;2*1H;/q-1;;-1;;;+2/p-2. The van der Waals surface area contributed by atoms with Crippen LogP contribution in [0.3, 0.4) is 0 Å². The fourth-order valence-electron chi connectivity index (χ4n) is 4.50. The second-order valence-electron chi connectivity index (χ2n) is 8.99. The van der Waals surface area contributed by atoms with Crippen LogP contribution in [0.1, 0.15) is 23.1 Å². The van der Waals surface area contributed by atoms with E-state index in [2.05, 4.69) is 158 Å². The summed E-state index contributed by atoms with van der Waals surface area (Å²) in [6.07, 6.45) is 8.49. The number of hydrogen-bond acceptors (Lipinski definition) is 0. The van der Waals surface area contributed by atoms with Crippen molar-refractivity contribution < 1.29 is 49.0 Å². The van der Waals surface area contributed by atoms with E-state index in [9.17, 15) is 0 Å². The minimum absolute atomic E-state index is 0. The Kier molecular flexibility index (Phi) is 12.6. The monoisotopic (exact) mass is 632 g/mol. The van der Waals surface area contributed by atoms with Gasteiger partial charge in [0, 0.05) is 0 Å². The van der Waals surface area contributed by atoms with Gasteiger partial charge in [0.1, 0.15) is 0 Å². The first-order valence-corrected chi connectivity index (χ1v) is 14.1. The van der Waals surface area contributed by atoms with Crippen LogP contribution >= 0.6 is 0 Å². The van der Waals surface area contributed by atoms with Crippen molar-refractivity contribution in [3.63, 3.8) is 0 Å². The number of rotatable bonds is 3. The molecule has 196 valence electrons. The molecular formula is C37H28Cl2Zr-2. The molecule has 40 heavy (non-hydrogen) atoms. The zero-order chi connectivity index (χ0) is 26.0. The summed E-state index contributed by atoms with van der Waals surface area (Å²) in [4.78, 5) is 0. The number of benzene rings is 5. The van der Waals surface area contributed by atoms with Crippen molar-refractivity contribution in [2.75, 3.05) is 0 Å². The number of halogens is 2. The van der Waals surface area contributed by atoms with Gasteiger partial charge < -0.3 is 24.8 Å². The van der Waals surface area contributed by atoms with Crippen molar-refractivity contribution >= 4 is 30.3 Å². The van der Waals surface area contributed by atoms with Gasteiger partial charge in [-0.3, -0.25) is 0 Å². The normalized spacial score (nSPS) is 11.2. The fraction of sp³-hybridized carbons (Fsp3) is 0.0270. The van der Waals surface area contributed by atoms with Gasteiger partial charge in [-0.25, -0.2) is 0 Å². The molecule has 6 aromatic carbocycles. The van der Waals surface area contributed by atoms with Crippen molar-refractivity contribution in [1.82, 2.24) is 0 Å². The molecule has 0 aliphatic heterocycles. The molecular weight excluding hydrogens is 607 g/mol. The van der Waals surface area contributed by atoms with Crippen LogP contribution in [0.5, 0.6) is 0 Å². The van der Waals surface area contributed by atoms with Crippen LogP contribution in [0.25, 0.3) is 27.1 Å². The summed E-state index contributed by atoms with van der Waals surface area (Å²) in [5, 5.41) is 5.39. The Morgan fingerprint density at radius 1 is 0.550 bits per heavy atom. The molecule has 0 amide bonds. The summed E-state index contributed by atoms with van der Waals surface area (Å²) in [5.41, 5.74) is 5.15. The van der Waals surface area contributed by atoms with Gasteiger partial charge in [-0.05, 0) is 0 Å². The molecule has 0 heterocycles. The summed E-state index contributed by atoms with van der Waals surface area (Å²) in [6.45, 7) is 0. The summed E-state index contributed by atoms with van der Waals surface area (Å²) in [5.74, 6) is 0. The molecule has 6 aromatic rings. The molecule has 0 saturated carbocycles. The largest absolute Gasteiger partial charge is 0.126 e. The minimum atomic E-state index is 0. The van der Waals surface area contributed by atoms with Crippen LogP contribution < -0.4 is 24.8 Å². The van der Waals surface area contributed by atoms with E-state index in [1.807, 2.05) is 6.07 Å². The van der Waals surface area contributed by atoms with E-state index in [1.165, 1.54) is 71.2 Å². The van der Waals surface area contributed by atoms with E-state index in [1.54, 1.807) is 0 Å². The molecule has 1 aliphatic rings. The first-order chi connectivity index (χ1) is 18.8. The molecule has 0 unspecified atom stereocenters. The van der Waals surface area contributed by atoms with Gasteiger partial charge in [-0.15, -0.1) is 63.5 Å². The smallest absolute Gasteiger partial charge is 0.0771 e. The molecule has 1 aliphatic carbocycles. The Bertz CT molecular complexity index is 1590. The van der Waals surface area contributed by atoms with Gasteiger partial charge in [0.15, 0.2) is 0 Å². The van der Waals surface area contributed by atoms with Gasteiger partial charge in [0.2, 0.25) is 0 Å². The van der Waals surface area contributed by atoms with Gasteiger partial charge in [-0.1, -0.05) is 61.0 Å². The van der Waals surface area contributed by atoms with Crippen molar-refractivity contribution in [3.8, 4) is 0 Å². The van der Waals surface area contributed by atoms with Gasteiger partial charge >= 0.3 is 99.2 Å². The Hall–Kier alpha value is -3.22. The molecule has 0 nitrogen and oxygen atoms in total. The average Bonchev–Trinajstić information content (AvgIpc) is 3.68. The second kappa shape index (κ2) is 16.1. The SMILES string of the molecule is [C-]1=C(c2ccccc2)C=CC1.[Cl-].[Cl-].[Zr+2]=[C](c1ccccc1)c1ccccc1.c1ccc2c(c1)[cH-]c1ccccc12. The van der Waals surface area contributed by atoms with E-state index < -0.39 is 0 Å². The quantitative estimate of drug-likeness (QED) is 0.262. The van der Waals surface area contributed by atoms with Crippen molar-refractivity contribution in [3.05, 3.63) is 181 Å². The summed E-state index contributed by atoms with van der Waals surface area (Å²) in [6, 6.07) is 50.7. The molecule has 0 radical (unpaired) electrons. The Morgan fingerprint density at radius 2 is 0.975 bits per heavy atom. The third-order valence-electron chi connectivity index (χ3n) is 6.43. The maximum atomic E-state index is 3.28. The van der Waals surface area contributed by atoms with E-state index in [-0.39, 0.29) is 24.8 Å². The van der Waals surface area contributed by atoms with E-state index in [4.69, 9.17) is 0 Å². The van der Waals surface area contributed by atoms with E-state index in [0.717, 1.165) is 6.42 Å². The van der Waals surface area contributed by atoms with Crippen LogP contribution in [0.2, 0.25) is 0 Å². The van der Waals surface area contributed by atoms with Crippen LogP contribution in [-0.2, 0) is 24.2 Å². The van der Waals surface area contributed by atoms with Crippen molar-refractivity contribution in [2.24, 2.45) is 0 Å². The molecule has 0 saturated heterocycles. The molecule has 3 heteroatoms. The maximum absolute atomic E-state index is 3.28. The first-order valence-electron chi connectivity index (χ1n) is 12.8. The van der Waals surface area contributed by atoms with E-state index in [0.29, 0.717) is 0 Å². The Balaban J connectivity index is 0.000000162. The third kappa shape index (κ3) is 8.15. The van der Waals surface area contributed by atoms with Crippen LogP contribution in [-0.4, -0.2) is 3.21 Å². The molecule has 0 spiro atoms. The fourth-order valence-corrected chi connectivity index (χ4v) is 5.32. The first kappa shape index (κ1) is 31.3. The number of allylic oxidation sites excluding steroid dienone is 4. The maximum Gasteiger partial charge on any atom is -0.0771 e. The molecule has 7 rings (SSSR count). The molecule has 0 aromatic heterocycles. The van der Waals surface area contributed by atoms with Crippen LogP contribution in [0.4, 0.5) is 0 Å². The summed E-state index contributed by atoms with van der Waals surface area (Å²) in [7, 11) is 0. The second-order valence-corrected chi connectivity index (χ2v) is 10.2. The summed E-state index contributed by atoms with van der Waals surface area (Å²) >= 11 is 1.46. The molecule has 0 atom stereocenters. The zero-order valence-electron chi connectivity index (χ0n) is 22.0. The van der Waals surface area contributed by atoms with Crippen molar-refractivity contribution in [1.29, 1.82) is 0 Å². The molecule has 0 fully saturated rings. The number of hydrogen-bond donors (Lipinski definition) is 0. The van der Waals surface area contributed by atoms with Crippen LogP contribution in [0, 0.1) is 6.08 Å². The third-order valence-corrected chi connectivity index (χ3v) is 7.85. The summed E-state index contributed by atoms with van der Waals surface area (Å²) < 4.78 is 1.42. The van der Waals surface area contributed by atoms with Crippen LogP contribution in [0.15, 0.2) is 158 Å². The average molecular weight is 635 g/mol. The van der Waals surface area contributed by atoms with Gasteiger partial charge in [0.05, 0.1) is 0 Å². The predicted molar refractivity (Wildman–Crippen MR) is 160 cm³/mol. The Labute approximate surface area is 264 Å². The molecule has 0 bridgehead atoms. The van der Waals surface area contributed by atoms with Gasteiger partial charge in [-0.2, -0.15) is 17.7 Å². The molecule has 0 N–H and O–H groups in total. The minimum Gasteiger partial charge on any atom is -0.126 e. The van der Waals surface area contributed by atoms with Gasteiger partial charge in [0.25, 0.3) is 0 Å². The number of fused-ring (bicyclic) bond motifs is 3. The zero-order valence-corrected chi connectivity index (χ0v) is 25.9. The topological polar surface area (TPSA) is 0 Å².